The lowest BCUT2D eigenvalue weighted by molar-refractivity contribution is -0.136. The highest BCUT2D eigenvalue weighted by Gasteiger charge is 2.15. The Hall–Kier alpha value is -0.840. The highest BCUT2D eigenvalue weighted by Crippen LogP contribution is 2.19. The van der Waals surface area contributed by atoms with Crippen molar-refractivity contribution < 1.29 is 9.90 Å². The maximum atomic E-state index is 10.6. The minimum absolute atomic E-state index is 0.0352. The summed E-state index contributed by atoms with van der Waals surface area (Å²) in [6.45, 7) is 4.22. The molecular formula is C10H15BrN2O2. The molecule has 0 amide bonds. The van der Waals surface area contributed by atoms with E-state index in [2.05, 4.69) is 34.8 Å². The monoisotopic (exact) mass is 274 g/mol. The number of hydrogen-bond donors (Lipinski definition) is 1. The molecule has 0 saturated heterocycles. The molecule has 1 N–H and O–H groups in total. The smallest absolute Gasteiger partial charge is 0.309 e. The van der Waals surface area contributed by atoms with E-state index in [-0.39, 0.29) is 6.42 Å². The maximum absolute atomic E-state index is 10.6. The molecule has 0 fully saturated rings. The number of imidazole rings is 1. The predicted octanol–water partition coefficient (Wildman–Crippen LogP) is 2.01. The molecule has 4 nitrogen and oxygen atoms in total. The van der Waals surface area contributed by atoms with Crippen molar-refractivity contribution in [2.75, 3.05) is 0 Å². The Balaban J connectivity index is 2.95. The van der Waals surface area contributed by atoms with Crippen LogP contribution in [0.25, 0.3) is 0 Å². The number of nitrogens with zero attached hydrogens (tertiary/aromatic N) is 2. The van der Waals surface area contributed by atoms with E-state index in [1.165, 1.54) is 0 Å². The fourth-order valence-corrected chi connectivity index (χ4v) is 1.82. The highest BCUT2D eigenvalue weighted by molar-refractivity contribution is 9.10. The zero-order chi connectivity index (χ0) is 11.6. The lowest BCUT2D eigenvalue weighted by Gasteiger charge is -2.04. The van der Waals surface area contributed by atoms with Gasteiger partial charge in [-0.3, -0.25) is 4.79 Å². The van der Waals surface area contributed by atoms with Crippen molar-refractivity contribution in [1.29, 1.82) is 0 Å². The lowest BCUT2D eigenvalue weighted by atomic mass is 10.1. The van der Waals surface area contributed by atoms with Gasteiger partial charge in [0.1, 0.15) is 10.4 Å². The summed E-state index contributed by atoms with van der Waals surface area (Å²) in [6, 6.07) is 0. The first kappa shape index (κ1) is 12.2. The summed E-state index contributed by atoms with van der Waals surface area (Å²) >= 11 is 3.36. The van der Waals surface area contributed by atoms with Gasteiger partial charge in [-0.05, 0) is 21.8 Å². The van der Waals surface area contributed by atoms with Crippen LogP contribution in [0, 0.1) is 5.92 Å². The van der Waals surface area contributed by atoms with Crippen LogP contribution in [0.5, 0.6) is 0 Å². The molecule has 0 aliphatic heterocycles. The quantitative estimate of drug-likeness (QED) is 0.914. The van der Waals surface area contributed by atoms with Crippen LogP contribution in [0.3, 0.4) is 0 Å². The normalized spacial score (nSPS) is 11.0. The van der Waals surface area contributed by atoms with Gasteiger partial charge >= 0.3 is 5.97 Å². The molecule has 1 aromatic heterocycles. The summed E-state index contributed by atoms with van der Waals surface area (Å²) in [6.07, 6.45) is 0.821. The van der Waals surface area contributed by atoms with Crippen LogP contribution in [0.4, 0.5) is 0 Å². The van der Waals surface area contributed by atoms with Gasteiger partial charge in [-0.2, -0.15) is 0 Å². The summed E-state index contributed by atoms with van der Waals surface area (Å²) in [5, 5.41) is 8.70. The lowest BCUT2D eigenvalue weighted by Crippen LogP contribution is -2.02. The minimum atomic E-state index is -0.857. The third-order valence-corrected chi connectivity index (χ3v) is 3.08. The van der Waals surface area contributed by atoms with Crippen molar-refractivity contribution in [3.63, 3.8) is 0 Å². The van der Waals surface area contributed by atoms with Crippen molar-refractivity contribution >= 4 is 21.9 Å². The van der Waals surface area contributed by atoms with E-state index >= 15 is 0 Å². The molecule has 0 spiro atoms. The Bertz CT molecular complexity index is 372. The second-order valence-electron chi connectivity index (χ2n) is 3.99. The number of hydrogen-bond acceptors (Lipinski definition) is 2. The average Bonchev–Trinajstić information content (AvgIpc) is 2.32. The summed E-state index contributed by atoms with van der Waals surface area (Å²) in [5.74, 6) is 0.578. The second-order valence-corrected chi connectivity index (χ2v) is 4.74. The van der Waals surface area contributed by atoms with Gasteiger partial charge in [0, 0.05) is 13.5 Å². The Kier molecular flexibility index (Phi) is 3.90. The number of carboxylic acid groups (broad SMARTS) is 1. The Morgan fingerprint density at radius 2 is 2.20 bits per heavy atom. The van der Waals surface area contributed by atoms with Crippen LogP contribution in [0.1, 0.15) is 25.4 Å². The molecule has 5 heteroatoms. The van der Waals surface area contributed by atoms with Gasteiger partial charge in [-0.25, -0.2) is 4.98 Å². The number of carboxylic acids is 1. The largest absolute Gasteiger partial charge is 0.481 e. The van der Waals surface area contributed by atoms with Gasteiger partial charge in [0.25, 0.3) is 0 Å². The van der Waals surface area contributed by atoms with E-state index < -0.39 is 5.97 Å². The molecule has 0 aliphatic rings. The third kappa shape index (κ3) is 3.06. The van der Waals surface area contributed by atoms with Crippen LogP contribution in [0.2, 0.25) is 0 Å². The fourth-order valence-electron chi connectivity index (χ4n) is 1.39. The van der Waals surface area contributed by atoms with Crippen molar-refractivity contribution in [2.24, 2.45) is 13.0 Å². The Labute approximate surface area is 97.4 Å². The van der Waals surface area contributed by atoms with Crippen molar-refractivity contribution in [2.45, 2.75) is 26.7 Å². The van der Waals surface area contributed by atoms with Crippen LogP contribution in [-0.2, 0) is 24.7 Å². The van der Waals surface area contributed by atoms with Crippen LogP contribution in [-0.4, -0.2) is 20.6 Å². The third-order valence-electron chi connectivity index (χ3n) is 2.09. The zero-order valence-corrected chi connectivity index (χ0v) is 10.7. The first-order valence-electron chi connectivity index (χ1n) is 4.83. The molecule has 0 unspecified atom stereocenters. The van der Waals surface area contributed by atoms with Gasteiger partial charge in [-0.1, -0.05) is 13.8 Å². The number of rotatable bonds is 4. The van der Waals surface area contributed by atoms with E-state index in [9.17, 15) is 4.79 Å². The van der Waals surface area contributed by atoms with Gasteiger partial charge in [0.05, 0.1) is 12.1 Å². The van der Waals surface area contributed by atoms with Crippen LogP contribution >= 0.6 is 15.9 Å². The standard InChI is InChI=1S/C10H15BrN2O2/c1-6(2)4-8-12-7(5-9(14)15)10(11)13(8)3/h6H,4-5H2,1-3H3,(H,14,15). The molecular weight excluding hydrogens is 260 g/mol. The molecule has 15 heavy (non-hydrogen) atoms. The van der Waals surface area contributed by atoms with Gasteiger partial charge in [0.15, 0.2) is 0 Å². The molecule has 1 aromatic rings. The van der Waals surface area contributed by atoms with E-state index in [1.807, 2.05) is 11.6 Å². The highest BCUT2D eigenvalue weighted by atomic mass is 79.9. The summed E-state index contributed by atoms with van der Waals surface area (Å²) < 4.78 is 2.67. The van der Waals surface area contributed by atoms with Crippen molar-refractivity contribution in [1.82, 2.24) is 9.55 Å². The number of aromatic nitrogens is 2. The first-order valence-corrected chi connectivity index (χ1v) is 5.62. The zero-order valence-electron chi connectivity index (χ0n) is 9.12. The average molecular weight is 275 g/mol. The molecule has 0 saturated carbocycles. The first-order chi connectivity index (χ1) is 6.91. The number of halogens is 1. The van der Waals surface area contributed by atoms with E-state index in [4.69, 9.17) is 5.11 Å². The summed E-state index contributed by atoms with van der Waals surface area (Å²) in [4.78, 5) is 14.9. The second kappa shape index (κ2) is 4.79. The minimum Gasteiger partial charge on any atom is -0.481 e. The molecule has 1 heterocycles. The molecule has 0 atom stereocenters. The Morgan fingerprint density at radius 3 is 2.67 bits per heavy atom. The number of carbonyl (C=O) groups is 1. The molecule has 0 bridgehead atoms. The van der Waals surface area contributed by atoms with Crippen molar-refractivity contribution in [3.8, 4) is 0 Å². The van der Waals surface area contributed by atoms with Crippen LogP contribution in [0.15, 0.2) is 4.60 Å². The van der Waals surface area contributed by atoms with Gasteiger partial charge < -0.3 is 9.67 Å². The van der Waals surface area contributed by atoms with Gasteiger partial charge in [-0.15, -0.1) is 0 Å². The van der Waals surface area contributed by atoms with Gasteiger partial charge in [0.2, 0.25) is 0 Å². The topological polar surface area (TPSA) is 55.1 Å². The predicted molar refractivity (Wildman–Crippen MR) is 60.8 cm³/mol. The molecule has 84 valence electrons. The molecule has 0 aliphatic carbocycles. The molecule has 0 radical (unpaired) electrons. The number of aliphatic carboxylic acids is 1. The molecule has 1 rings (SSSR count). The fraction of sp³-hybridized carbons (Fsp3) is 0.600. The SMILES string of the molecule is CC(C)Cc1nc(CC(=O)O)c(Br)n1C. The molecule has 0 aromatic carbocycles. The van der Waals surface area contributed by atoms with Crippen molar-refractivity contribution in [3.05, 3.63) is 16.1 Å². The van der Waals surface area contributed by atoms with E-state index in [0.29, 0.717) is 11.6 Å². The van der Waals surface area contributed by atoms with E-state index in [0.717, 1.165) is 16.8 Å². The van der Waals surface area contributed by atoms with E-state index in [1.54, 1.807) is 0 Å². The Morgan fingerprint density at radius 1 is 1.60 bits per heavy atom. The maximum Gasteiger partial charge on any atom is 0.309 e. The summed E-state index contributed by atoms with van der Waals surface area (Å²) in [5.41, 5.74) is 0.598. The summed E-state index contributed by atoms with van der Waals surface area (Å²) in [7, 11) is 1.89. The van der Waals surface area contributed by atoms with Crippen LogP contribution < -0.4 is 0 Å².